The van der Waals surface area contributed by atoms with Gasteiger partial charge in [-0.1, -0.05) is 13.3 Å². The van der Waals surface area contributed by atoms with Gasteiger partial charge in [-0.3, -0.25) is 0 Å². The van der Waals surface area contributed by atoms with Gasteiger partial charge in [0.15, 0.2) is 0 Å². The number of hydrogen-bond donors (Lipinski definition) is 1. The summed E-state index contributed by atoms with van der Waals surface area (Å²) < 4.78 is 11.1. The number of carboxylic acids is 1. The summed E-state index contributed by atoms with van der Waals surface area (Å²) in [6.45, 7) is 5.51. The highest BCUT2D eigenvalue weighted by Gasteiger charge is 2.28. The predicted octanol–water partition coefficient (Wildman–Crippen LogP) is 2.84. The van der Waals surface area contributed by atoms with Gasteiger partial charge in [-0.05, 0) is 25.1 Å². The zero-order valence-electron chi connectivity index (χ0n) is 14.5. The molecule has 0 aliphatic carbocycles. The molecule has 1 saturated heterocycles. The van der Waals surface area contributed by atoms with Crippen molar-refractivity contribution >= 4 is 22.6 Å². The minimum absolute atomic E-state index is 0.0279. The number of ether oxygens (including phenoxy) is 1. The normalized spacial score (nSPS) is 15.9. The van der Waals surface area contributed by atoms with Crippen molar-refractivity contribution in [2.45, 2.75) is 19.8 Å². The molecule has 2 heterocycles. The second kappa shape index (κ2) is 6.73. The molecule has 0 unspecified atom stereocenters. The molecule has 2 aromatic rings. The molecule has 0 bridgehead atoms. The number of anilines is 1. The molecule has 6 nitrogen and oxygen atoms in total. The van der Waals surface area contributed by atoms with Crippen molar-refractivity contribution in [3.05, 3.63) is 23.5 Å². The van der Waals surface area contributed by atoms with Gasteiger partial charge in [0.05, 0.1) is 12.8 Å². The van der Waals surface area contributed by atoms with Gasteiger partial charge in [-0.25, -0.2) is 4.79 Å². The summed E-state index contributed by atoms with van der Waals surface area (Å²) in [6, 6.07) is 3.77. The molecule has 1 aromatic carbocycles. The van der Waals surface area contributed by atoms with Gasteiger partial charge in [-0.2, -0.15) is 0 Å². The monoisotopic (exact) mass is 332 g/mol. The van der Waals surface area contributed by atoms with Crippen molar-refractivity contribution in [1.29, 1.82) is 0 Å². The molecule has 1 aromatic heterocycles. The van der Waals surface area contributed by atoms with Gasteiger partial charge in [0.2, 0.25) is 5.76 Å². The van der Waals surface area contributed by atoms with Crippen LogP contribution in [-0.2, 0) is 6.42 Å². The van der Waals surface area contributed by atoms with Crippen LogP contribution in [0.2, 0.25) is 0 Å². The first kappa shape index (κ1) is 16.6. The lowest BCUT2D eigenvalue weighted by Gasteiger charge is -2.33. The van der Waals surface area contributed by atoms with E-state index in [9.17, 15) is 9.90 Å². The van der Waals surface area contributed by atoms with Crippen molar-refractivity contribution in [3.8, 4) is 5.75 Å². The first-order valence-electron chi connectivity index (χ1n) is 8.35. The summed E-state index contributed by atoms with van der Waals surface area (Å²) in [5, 5.41) is 10.6. The maximum atomic E-state index is 11.8. The molecule has 130 valence electrons. The van der Waals surface area contributed by atoms with E-state index in [2.05, 4.69) is 23.8 Å². The standard InChI is InChI=1S/C18H24N2O4/c1-4-5-12-10-13(23-3)11-14-15(12)16(17(24-14)18(21)22)20-8-6-19(2)7-9-20/h10-11H,4-9H2,1-3H3,(H,21,22). The summed E-state index contributed by atoms with van der Waals surface area (Å²) in [7, 11) is 3.69. The second-order valence-electron chi connectivity index (χ2n) is 6.28. The minimum atomic E-state index is -1.03. The van der Waals surface area contributed by atoms with Crippen molar-refractivity contribution < 1.29 is 19.1 Å². The Morgan fingerprint density at radius 3 is 2.58 bits per heavy atom. The largest absolute Gasteiger partial charge is 0.497 e. The third-order valence-electron chi connectivity index (χ3n) is 4.59. The van der Waals surface area contributed by atoms with E-state index in [-0.39, 0.29) is 5.76 Å². The topological polar surface area (TPSA) is 66.2 Å². The number of furan rings is 1. The lowest BCUT2D eigenvalue weighted by Crippen LogP contribution is -2.44. The van der Waals surface area contributed by atoms with Crippen molar-refractivity contribution in [2.24, 2.45) is 0 Å². The van der Waals surface area contributed by atoms with Gasteiger partial charge < -0.3 is 24.1 Å². The molecule has 1 aliphatic heterocycles. The number of benzene rings is 1. The van der Waals surface area contributed by atoms with Crippen LogP contribution in [0.5, 0.6) is 5.75 Å². The SMILES string of the molecule is CCCc1cc(OC)cc2oc(C(=O)O)c(N3CCN(C)CC3)c12. The maximum absolute atomic E-state index is 11.8. The highest BCUT2D eigenvalue weighted by Crippen LogP contribution is 2.39. The zero-order valence-corrected chi connectivity index (χ0v) is 14.5. The fourth-order valence-corrected chi connectivity index (χ4v) is 3.33. The highest BCUT2D eigenvalue weighted by atomic mass is 16.5. The number of aryl methyl sites for hydroxylation is 1. The Bertz CT molecular complexity index is 745. The van der Waals surface area contributed by atoms with Crippen molar-refractivity contribution in [1.82, 2.24) is 4.90 Å². The molecule has 1 aliphatic rings. The third-order valence-corrected chi connectivity index (χ3v) is 4.59. The van der Waals surface area contributed by atoms with E-state index in [4.69, 9.17) is 9.15 Å². The zero-order chi connectivity index (χ0) is 17.3. The fraction of sp³-hybridized carbons (Fsp3) is 0.500. The number of likely N-dealkylation sites (N-methyl/N-ethyl adjacent to an activating group) is 1. The van der Waals surface area contributed by atoms with Crippen molar-refractivity contribution in [2.75, 3.05) is 45.2 Å². The lowest BCUT2D eigenvalue weighted by atomic mass is 10.0. The molecule has 24 heavy (non-hydrogen) atoms. The van der Waals surface area contributed by atoms with E-state index in [0.29, 0.717) is 11.3 Å². The molecule has 0 amide bonds. The molecule has 6 heteroatoms. The Balaban J connectivity index is 2.20. The van der Waals surface area contributed by atoms with Crippen LogP contribution in [0.15, 0.2) is 16.5 Å². The Morgan fingerprint density at radius 1 is 1.29 bits per heavy atom. The number of rotatable bonds is 5. The summed E-state index contributed by atoms with van der Waals surface area (Å²) in [5.74, 6) is -0.303. The van der Waals surface area contributed by atoms with Crippen LogP contribution in [0.25, 0.3) is 11.0 Å². The van der Waals surface area contributed by atoms with Crippen LogP contribution >= 0.6 is 0 Å². The van der Waals surface area contributed by atoms with Gasteiger partial charge in [0.1, 0.15) is 11.3 Å². The highest BCUT2D eigenvalue weighted by molar-refractivity contribution is 6.05. The Hall–Kier alpha value is -2.21. The minimum Gasteiger partial charge on any atom is -0.497 e. The molecule has 0 radical (unpaired) electrons. The first-order valence-corrected chi connectivity index (χ1v) is 8.35. The number of methoxy groups -OCH3 is 1. The molecule has 1 N–H and O–H groups in total. The number of aromatic carboxylic acids is 1. The number of piperazine rings is 1. The Morgan fingerprint density at radius 2 is 2.00 bits per heavy atom. The summed E-state index contributed by atoms with van der Waals surface area (Å²) in [5.41, 5.74) is 2.39. The average Bonchev–Trinajstić information content (AvgIpc) is 2.95. The summed E-state index contributed by atoms with van der Waals surface area (Å²) >= 11 is 0. The van der Waals surface area contributed by atoms with E-state index in [1.165, 1.54) is 0 Å². The van der Waals surface area contributed by atoms with Crippen LogP contribution in [0.4, 0.5) is 5.69 Å². The van der Waals surface area contributed by atoms with Gasteiger partial charge in [0.25, 0.3) is 0 Å². The van der Waals surface area contributed by atoms with Crippen molar-refractivity contribution in [3.63, 3.8) is 0 Å². The van der Waals surface area contributed by atoms with Crippen LogP contribution in [0, 0.1) is 0 Å². The van der Waals surface area contributed by atoms with Crippen LogP contribution < -0.4 is 9.64 Å². The van der Waals surface area contributed by atoms with E-state index in [0.717, 1.165) is 55.7 Å². The number of nitrogens with zero attached hydrogens (tertiary/aromatic N) is 2. The number of fused-ring (bicyclic) bond motifs is 1. The first-order chi connectivity index (χ1) is 11.5. The van der Waals surface area contributed by atoms with Gasteiger partial charge in [-0.15, -0.1) is 0 Å². The van der Waals surface area contributed by atoms with Crippen LogP contribution in [0.1, 0.15) is 29.5 Å². The molecule has 0 saturated carbocycles. The average molecular weight is 332 g/mol. The molecule has 0 atom stereocenters. The van der Waals surface area contributed by atoms with Gasteiger partial charge in [0, 0.05) is 37.6 Å². The van der Waals surface area contributed by atoms with E-state index >= 15 is 0 Å². The number of carbonyl (C=O) groups is 1. The summed E-state index contributed by atoms with van der Waals surface area (Å²) in [4.78, 5) is 16.1. The van der Waals surface area contributed by atoms with Crippen LogP contribution in [0.3, 0.4) is 0 Å². The smallest absolute Gasteiger partial charge is 0.374 e. The fourth-order valence-electron chi connectivity index (χ4n) is 3.33. The molecule has 3 rings (SSSR count). The quantitative estimate of drug-likeness (QED) is 0.908. The number of carboxylic acid groups (broad SMARTS) is 1. The third kappa shape index (κ3) is 2.94. The molecule has 0 spiro atoms. The second-order valence-corrected chi connectivity index (χ2v) is 6.28. The predicted molar refractivity (Wildman–Crippen MR) is 93.4 cm³/mol. The maximum Gasteiger partial charge on any atom is 0.374 e. The lowest BCUT2D eigenvalue weighted by molar-refractivity contribution is 0.0665. The number of hydrogen-bond acceptors (Lipinski definition) is 5. The van der Waals surface area contributed by atoms with E-state index in [1.54, 1.807) is 13.2 Å². The van der Waals surface area contributed by atoms with E-state index < -0.39 is 5.97 Å². The van der Waals surface area contributed by atoms with Gasteiger partial charge >= 0.3 is 5.97 Å². The van der Waals surface area contributed by atoms with E-state index in [1.807, 2.05) is 6.07 Å². The Kier molecular flexibility index (Phi) is 4.66. The molecule has 1 fully saturated rings. The Labute approximate surface area is 141 Å². The van der Waals surface area contributed by atoms with Crippen LogP contribution in [-0.4, -0.2) is 56.3 Å². The summed E-state index contributed by atoms with van der Waals surface area (Å²) in [6.07, 6.45) is 1.82. The molecular formula is C18H24N2O4. The molecular weight excluding hydrogens is 308 g/mol.